The van der Waals surface area contributed by atoms with Gasteiger partial charge in [-0.3, -0.25) is 4.79 Å². The first-order valence-electron chi connectivity index (χ1n) is 7.00. The smallest absolute Gasteiger partial charge is 0.224 e. The number of rotatable bonds is 6. The maximum absolute atomic E-state index is 13.4. The molecule has 0 radical (unpaired) electrons. The van der Waals surface area contributed by atoms with E-state index in [4.69, 9.17) is 0 Å². The zero-order chi connectivity index (χ0) is 15.9. The first-order chi connectivity index (χ1) is 10.6. The van der Waals surface area contributed by atoms with E-state index >= 15 is 0 Å². The number of aliphatic hydroxyl groups is 1. The molecule has 1 amide bonds. The zero-order valence-corrected chi connectivity index (χ0v) is 11.9. The maximum Gasteiger partial charge on any atom is 0.224 e. The second kappa shape index (κ2) is 7.66. The highest BCUT2D eigenvalue weighted by Crippen LogP contribution is 2.16. The Morgan fingerprint density at radius 3 is 2.45 bits per heavy atom. The molecule has 0 bridgehead atoms. The predicted molar refractivity (Wildman–Crippen MR) is 79.1 cm³/mol. The van der Waals surface area contributed by atoms with Crippen molar-refractivity contribution in [2.45, 2.75) is 18.9 Å². The molecule has 1 atom stereocenters. The van der Waals surface area contributed by atoms with Gasteiger partial charge in [0.05, 0.1) is 12.5 Å². The van der Waals surface area contributed by atoms with Crippen molar-refractivity contribution < 1.29 is 18.7 Å². The van der Waals surface area contributed by atoms with Crippen LogP contribution in [0.4, 0.5) is 8.78 Å². The first kappa shape index (κ1) is 16.1. The van der Waals surface area contributed by atoms with Crippen molar-refractivity contribution in [1.29, 1.82) is 0 Å². The van der Waals surface area contributed by atoms with Gasteiger partial charge in [0.1, 0.15) is 11.6 Å². The molecule has 2 aromatic rings. The van der Waals surface area contributed by atoms with Crippen LogP contribution in [0.3, 0.4) is 0 Å². The fourth-order valence-electron chi connectivity index (χ4n) is 2.08. The van der Waals surface area contributed by atoms with E-state index in [9.17, 15) is 18.7 Å². The third kappa shape index (κ3) is 4.63. The van der Waals surface area contributed by atoms with E-state index in [1.165, 1.54) is 30.3 Å². The summed E-state index contributed by atoms with van der Waals surface area (Å²) in [6.07, 6.45) is -0.525. The minimum atomic E-state index is -0.783. The number of benzene rings is 2. The van der Waals surface area contributed by atoms with Gasteiger partial charge in [0, 0.05) is 6.54 Å². The van der Waals surface area contributed by atoms with Crippen molar-refractivity contribution in [2.75, 3.05) is 6.54 Å². The van der Waals surface area contributed by atoms with E-state index in [2.05, 4.69) is 5.32 Å². The van der Waals surface area contributed by atoms with Gasteiger partial charge in [0.2, 0.25) is 5.91 Å². The molecule has 0 aliphatic carbocycles. The number of hydrogen-bond acceptors (Lipinski definition) is 2. The van der Waals surface area contributed by atoms with Crippen LogP contribution in [-0.4, -0.2) is 17.6 Å². The van der Waals surface area contributed by atoms with E-state index in [1.807, 2.05) is 0 Å². The van der Waals surface area contributed by atoms with Crippen LogP contribution in [0.2, 0.25) is 0 Å². The Bertz CT molecular complexity index is 629. The quantitative estimate of drug-likeness (QED) is 0.862. The number of hydrogen-bond donors (Lipinski definition) is 2. The highest BCUT2D eigenvalue weighted by Gasteiger charge is 2.10. The summed E-state index contributed by atoms with van der Waals surface area (Å²) in [6.45, 7) is 0.256. The summed E-state index contributed by atoms with van der Waals surface area (Å²) in [4.78, 5) is 11.7. The molecule has 2 rings (SSSR count). The maximum atomic E-state index is 13.4. The van der Waals surface area contributed by atoms with Gasteiger partial charge < -0.3 is 10.4 Å². The van der Waals surface area contributed by atoms with Crippen LogP contribution >= 0.6 is 0 Å². The van der Waals surface area contributed by atoms with Crippen LogP contribution in [-0.2, 0) is 11.2 Å². The molecule has 0 heterocycles. The van der Waals surface area contributed by atoms with Gasteiger partial charge >= 0.3 is 0 Å². The van der Waals surface area contributed by atoms with Crippen molar-refractivity contribution in [1.82, 2.24) is 5.32 Å². The van der Waals surface area contributed by atoms with Crippen LogP contribution in [0, 0.1) is 11.6 Å². The molecule has 3 nitrogen and oxygen atoms in total. The van der Waals surface area contributed by atoms with Crippen molar-refractivity contribution >= 4 is 5.91 Å². The monoisotopic (exact) mass is 305 g/mol. The van der Waals surface area contributed by atoms with Gasteiger partial charge in [0.15, 0.2) is 0 Å². The van der Waals surface area contributed by atoms with Crippen LogP contribution in [0.5, 0.6) is 0 Å². The first-order valence-corrected chi connectivity index (χ1v) is 7.00. The van der Waals surface area contributed by atoms with Crippen LogP contribution in [0.15, 0.2) is 48.5 Å². The summed E-state index contributed by atoms with van der Waals surface area (Å²) >= 11 is 0. The molecule has 2 N–H and O–H groups in total. The lowest BCUT2D eigenvalue weighted by Gasteiger charge is -2.12. The largest absolute Gasteiger partial charge is 0.388 e. The van der Waals surface area contributed by atoms with Crippen LogP contribution in [0.1, 0.15) is 23.7 Å². The standard InChI is InChI=1S/C17H17F2NO2/c18-14-7-5-12(6-8-14)16(21)9-10-20-17(22)11-13-3-1-2-4-15(13)19/h1-8,16,21H,9-11H2,(H,20,22). The summed E-state index contributed by atoms with van der Waals surface area (Å²) in [7, 11) is 0. The molecule has 0 aliphatic rings. The van der Waals surface area contributed by atoms with Crippen LogP contribution < -0.4 is 5.32 Å². The molecule has 2 aromatic carbocycles. The Kier molecular flexibility index (Phi) is 5.61. The van der Waals surface area contributed by atoms with Gasteiger partial charge in [0.25, 0.3) is 0 Å². The average molecular weight is 305 g/mol. The molecule has 0 aromatic heterocycles. The van der Waals surface area contributed by atoms with E-state index in [1.54, 1.807) is 18.2 Å². The Balaban J connectivity index is 1.77. The van der Waals surface area contributed by atoms with Crippen molar-refractivity contribution in [3.63, 3.8) is 0 Å². The molecule has 0 aliphatic heterocycles. The number of halogens is 2. The summed E-state index contributed by atoms with van der Waals surface area (Å²) in [5.74, 6) is -1.09. The Morgan fingerprint density at radius 1 is 1.09 bits per heavy atom. The van der Waals surface area contributed by atoms with Gasteiger partial charge in [-0.2, -0.15) is 0 Å². The molecule has 0 spiro atoms. The molecule has 0 fully saturated rings. The van der Waals surface area contributed by atoms with E-state index < -0.39 is 11.9 Å². The molecule has 0 saturated heterocycles. The van der Waals surface area contributed by atoms with Crippen molar-refractivity contribution in [3.8, 4) is 0 Å². The number of carbonyl (C=O) groups is 1. The zero-order valence-electron chi connectivity index (χ0n) is 11.9. The summed E-state index contributed by atoms with van der Waals surface area (Å²) in [5.41, 5.74) is 0.920. The fourth-order valence-corrected chi connectivity index (χ4v) is 2.08. The molecule has 1 unspecified atom stereocenters. The highest BCUT2D eigenvalue weighted by molar-refractivity contribution is 5.78. The average Bonchev–Trinajstić information content (AvgIpc) is 2.50. The summed E-state index contributed by atoms with van der Waals surface area (Å²) < 4.78 is 26.2. The second-order valence-corrected chi connectivity index (χ2v) is 4.97. The lowest BCUT2D eigenvalue weighted by atomic mass is 10.1. The van der Waals surface area contributed by atoms with Crippen molar-refractivity contribution in [3.05, 3.63) is 71.3 Å². The summed E-state index contributed by atoms with van der Waals surface area (Å²) in [6, 6.07) is 11.6. The normalized spacial score (nSPS) is 12.0. The second-order valence-electron chi connectivity index (χ2n) is 4.97. The Morgan fingerprint density at radius 2 is 1.77 bits per heavy atom. The molecule has 0 saturated carbocycles. The van der Waals surface area contributed by atoms with E-state index in [0.29, 0.717) is 17.5 Å². The van der Waals surface area contributed by atoms with E-state index in [-0.39, 0.29) is 24.7 Å². The van der Waals surface area contributed by atoms with Gasteiger partial charge in [-0.1, -0.05) is 30.3 Å². The number of carbonyl (C=O) groups excluding carboxylic acids is 1. The van der Waals surface area contributed by atoms with Gasteiger partial charge in [-0.15, -0.1) is 0 Å². The van der Waals surface area contributed by atoms with Crippen LogP contribution in [0.25, 0.3) is 0 Å². The highest BCUT2D eigenvalue weighted by atomic mass is 19.1. The molecule has 116 valence electrons. The van der Waals surface area contributed by atoms with E-state index in [0.717, 1.165) is 0 Å². The fraction of sp³-hybridized carbons (Fsp3) is 0.235. The number of amides is 1. The summed E-state index contributed by atoms with van der Waals surface area (Å²) in [5, 5.41) is 12.6. The Hall–Kier alpha value is -2.27. The third-order valence-corrected chi connectivity index (χ3v) is 3.30. The van der Waals surface area contributed by atoms with Gasteiger partial charge in [-0.25, -0.2) is 8.78 Å². The molecular weight excluding hydrogens is 288 g/mol. The number of aliphatic hydroxyl groups excluding tert-OH is 1. The molecular formula is C17H17F2NO2. The Labute approximate surface area is 127 Å². The SMILES string of the molecule is O=C(Cc1ccccc1F)NCCC(O)c1ccc(F)cc1. The number of nitrogens with one attached hydrogen (secondary N) is 1. The predicted octanol–water partition coefficient (Wildman–Crippen LogP) is 2.75. The van der Waals surface area contributed by atoms with Gasteiger partial charge in [-0.05, 0) is 35.7 Å². The minimum absolute atomic E-state index is 0.0423. The molecule has 5 heteroatoms. The lowest BCUT2D eigenvalue weighted by Crippen LogP contribution is -2.27. The van der Waals surface area contributed by atoms with Crippen molar-refractivity contribution in [2.24, 2.45) is 0 Å². The topological polar surface area (TPSA) is 49.3 Å². The minimum Gasteiger partial charge on any atom is -0.388 e. The lowest BCUT2D eigenvalue weighted by molar-refractivity contribution is -0.120. The molecule has 22 heavy (non-hydrogen) atoms. The third-order valence-electron chi connectivity index (χ3n) is 3.30.